The van der Waals surface area contributed by atoms with E-state index in [0.717, 1.165) is 12.1 Å². The number of hydrogen-bond acceptors (Lipinski definition) is 4. The van der Waals surface area contributed by atoms with Gasteiger partial charge < -0.3 is 0 Å². The lowest BCUT2D eigenvalue weighted by Gasteiger charge is -2.14. The van der Waals surface area contributed by atoms with Gasteiger partial charge in [-0.15, -0.1) is 0 Å². The van der Waals surface area contributed by atoms with Crippen molar-refractivity contribution in [2.24, 2.45) is 5.84 Å². The summed E-state index contributed by atoms with van der Waals surface area (Å²) in [6, 6.07) is 6.25. The molecular weight excluding hydrogens is 218 g/mol. The molecule has 4 heteroatoms. The second kappa shape index (κ2) is 5.21. The molecule has 0 aliphatic rings. The standard InChI is InChI=1S/C12H15N3S/c1-9-2-4-14-11(6-9)12(15-13)7-10-3-5-16-8-10/h2-6,8,12,15H,7,13H2,1H3. The molecule has 1 atom stereocenters. The lowest BCUT2D eigenvalue weighted by Crippen LogP contribution is -2.30. The number of rotatable bonds is 4. The van der Waals surface area contributed by atoms with Crippen LogP contribution in [0.3, 0.4) is 0 Å². The monoisotopic (exact) mass is 233 g/mol. The van der Waals surface area contributed by atoms with Crippen molar-refractivity contribution >= 4 is 11.3 Å². The van der Waals surface area contributed by atoms with Gasteiger partial charge in [-0.2, -0.15) is 11.3 Å². The van der Waals surface area contributed by atoms with Crippen molar-refractivity contribution in [1.82, 2.24) is 10.4 Å². The first-order chi connectivity index (χ1) is 7.79. The average Bonchev–Trinajstić information content (AvgIpc) is 2.78. The van der Waals surface area contributed by atoms with Crippen molar-refractivity contribution in [1.29, 1.82) is 0 Å². The molecular formula is C12H15N3S. The van der Waals surface area contributed by atoms with E-state index in [1.165, 1.54) is 11.1 Å². The summed E-state index contributed by atoms with van der Waals surface area (Å²) in [6.45, 7) is 2.06. The molecule has 2 heterocycles. The highest BCUT2D eigenvalue weighted by atomic mass is 32.1. The highest BCUT2D eigenvalue weighted by Gasteiger charge is 2.12. The van der Waals surface area contributed by atoms with Gasteiger partial charge in [-0.1, -0.05) is 0 Å². The van der Waals surface area contributed by atoms with E-state index in [4.69, 9.17) is 5.84 Å². The van der Waals surface area contributed by atoms with Gasteiger partial charge in [-0.3, -0.25) is 16.3 Å². The predicted molar refractivity (Wildman–Crippen MR) is 67.1 cm³/mol. The van der Waals surface area contributed by atoms with Crippen LogP contribution in [0.2, 0.25) is 0 Å². The molecule has 16 heavy (non-hydrogen) atoms. The Morgan fingerprint density at radius 2 is 2.38 bits per heavy atom. The van der Waals surface area contributed by atoms with Gasteiger partial charge in [-0.25, -0.2) is 0 Å². The third-order valence-corrected chi connectivity index (χ3v) is 3.25. The Bertz CT molecular complexity index is 439. The van der Waals surface area contributed by atoms with Crippen molar-refractivity contribution in [3.63, 3.8) is 0 Å². The van der Waals surface area contributed by atoms with Gasteiger partial charge in [-0.05, 0) is 53.4 Å². The van der Waals surface area contributed by atoms with Crippen molar-refractivity contribution in [3.05, 3.63) is 52.0 Å². The molecule has 0 saturated carbocycles. The summed E-state index contributed by atoms with van der Waals surface area (Å²) in [5, 5.41) is 4.21. The van der Waals surface area contributed by atoms with Crippen LogP contribution in [0.1, 0.15) is 22.9 Å². The van der Waals surface area contributed by atoms with Crippen molar-refractivity contribution in [2.45, 2.75) is 19.4 Å². The van der Waals surface area contributed by atoms with Gasteiger partial charge in [0, 0.05) is 6.20 Å². The molecule has 0 fully saturated rings. The third-order valence-electron chi connectivity index (χ3n) is 2.51. The number of hydrazine groups is 1. The predicted octanol–water partition coefficient (Wildman–Crippen LogP) is 2.20. The molecule has 84 valence electrons. The first-order valence-electron chi connectivity index (χ1n) is 5.19. The van der Waals surface area contributed by atoms with Gasteiger partial charge in [0.15, 0.2) is 0 Å². The minimum Gasteiger partial charge on any atom is -0.271 e. The number of aromatic nitrogens is 1. The molecule has 2 aromatic heterocycles. The first-order valence-corrected chi connectivity index (χ1v) is 6.13. The smallest absolute Gasteiger partial charge is 0.0672 e. The Morgan fingerprint density at radius 3 is 3.00 bits per heavy atom. The fourth-order valence-electron chi connectivity index (χ4n) is 1.64. The van der Waals surface area contributed by atoms with Crippen LogP contribution in [0.25, 0.3) is 0 Å². The largest absolute Gasteiger partial charge is 0.271 e. The average molecular weight is 233 g/mol. The molecule has 0 saturated heterocycles. The Morgan fingerprint density at radius 1 is 1.50 bits per heavy atom. The summed E-state index contributed by atoms with van der Waals surface area (Å²) < 4.78 is 0. The number of thiophene rings is 1. The Hall–Kier alpha value is -1.23. The normalized spacial score (nSPS) is 12.6. The molecule has 0 spiro atoms. The highest BCUT2D eigenvalue weighted by molar-refractivity contribution is 7.07. The topological polar surface area (TPSA) is 50.9 Å². The number of pyridine rings is 1. The van der Waals surface area contributed by atoms with Crippen LogP contribution in [0, 0.1) is 6.92 Å². The number of aryl methyl sites for hydroxylation is 1. The molecule has 2 aromatic rings. The number of nitrogens with one attached hydrogen (secondary N) is 1. The molecule has 3 nitrogen and oxygen atoms in total. The van der Waals surface area contributed by atoms with E-state index in [9.17, 15) is 0 Å². The summed E-state index contributed by atoms with van der Waals surface area (Å²) in [6.07, 6.45) is 2.69. The van der Waals surface area contributed by atoms with Crippen molar-refractivity contribution < 1.29 is 0 Å². The van der Waals surface area contributed by atoms with Crippen molar-refractivity contribution in [2.75, 3.05) is 0 Å². The Labute approximate surface area is 99.3 Å². The van der Waals surface area contributed by atoms with Crippen LogP contribution in [0.15, 0.2) is 35.2 Å². The molecule has 0 amide bonds. The second-order valence-corrected chi connectivity index (χ2v) is 4.59. The minimum atomic E-state index is 0.0782. The third kappa shape index (κ3) is 2.66. The van der Waals surface area contributed by atoms with E-state index in [2.05, 4.69) is 40.2 Å². The van der Waals surface area contributed by atoms with Crippen molar-refractivity contribution in [3.8, 4) is 0 Å². The molecule has 0 aromatic carbocycles. The Balaban J connectivity index is 2.16. The fraction of sp³-hybridized carbons (Fsp3) is 0.250. The molecule has 2 rings (SSSR count). The molecule has 1 unspecified atom stereocenters. The summed E-state index contributed by atoms with van der Waals surface area (Å²) in [5.74, 6) is 5.58. The molecule has 0 radical (unpaired) electrons. The number of nitrogens with zero attached hydrogens (tertiary/aromatic N) is 1. The maximum absolute atomic E-state index is 5.58. The zero-order valence-electron chi connectivity index (χ0n) is 9.18. The van der Waals surface area contributed by atoms with Gasteiger partial charge in [0.25, 0.3) is 0 Å². The van der Waals surface area contributed by atoms with Crippen LogP contribution >= 0.6 is 11.3 Å². The highest BCUT2D eigenvalue weighted by Crippen LogP contribution is 2.18. The lowest BCUT2D eigenvalue weighted by atomic mass is 10.0. The summed E-state index contributed by atoms with van der Waals surface area (Å²) in [5.41, 5.74) is 6.31. The van der Waals surface area contributed by atoms with E-state index in [0.29, 0.717) is 0 Å². The summed E-state index contributed by atoms with van der Waals surface area (Å²) in [7, 11) is 0. The van der Waals surface area contributed by atoms with Crippen LogP contribution < -0.4 is 11.3 Å². The lowest BCUT2D eigenvalue weighted by molar-refractivity contribution is 0.538. The van der Waals surface area contributed by atoms with Gasteiger partial charge in [0.1, 0.15) is 0 Å². The van der Waals surface area contributed by atoms with E-state index in [1.54, 1.807) is 11.3 Å². The first kappa shape index (κ1) is 11.3. The fourth-order valence-corrected chi connectivity index (χ4v) is 2.32. The summed E-state index contributed by atoms with van der Waals surface area (Å²) in [4.78, 5) is 4.35. The Kier molecular flexibility index (Phi) is 3.66. The van der Waals surface area contributed by atoms with E-state index >= 15 is 0 Å². The summed E-state index contributed by atoms with van der Waals surface area (Å²) >= 11 is 1.70. The van der Waals surface area contributed by atoms with Crippen LogP contribution in [0.5, 0.6) is 0 Å². The maximum Gasteiger partial charge on any atom is 0.0672 e. The maximum atomic E-state index is 5.58. The number of nitrogens with two attached hydrogens (primary N) is 1. The quantitative estimate of drug-likeness (QED) is 0.629. The zero-order valence-corrected chi connectivity index (χ0v) is 10.00. The second-order valence-electron chi connectivity index (χ2n) is 3.81. The molecule has 0 bridgehead atoms. The zero-order chi connectivity index (χ0) is 11.4. The van der Waals surface area contributed by atoms with Gasteiger partial charge in [0.2, 0.25) is 0 Å². The van der Waals surface area contributed by atoms with Gasteiger partial charge >= 0.3 is 0 Å². The van der Waals surface area contributed by atoms with Crippen LogP contribution in [-0.2, 0) is 6.42 Å². The van der Waals surface area contributed by atoms with E-state index in [1.807, 2.05) is 12.3 Å². The number of hydrogen-bond donors (Lipinski definition) is 2. The van der Waals surface area contributed by atoms with Crippen LogP contribution in [0.4, 0.5) is 0 Å². The van der Waals surface area contributed by atoms with Gasteiger partial charge in [0.05, 0.1) is 11.7 Å². The SMILES string of the molecule is Cc1ccnc(C(Cc2ccsc2)NN)c1. The van der Waals surface area contributed by atoms with E-state index in [-0.39, 0.29) is 6.04 Å². The minimum absolute atomic E-state index is 0.0782. The van der Waals surface area contributed by atoms with E-state index < -0.39 is 0 Å². The van der Waals surface area contributed by atoms with Crippen LogP contribution in [-0.4, -0.2) is 4.98 Å². The molecule has 0 aliphatic heterocycles. The molecule has 3 N–H and O–H groups in total. The molecule has 0 aliphatic carbocycles.